The van der Waals surface area contributed by atoms with Crippen LogP contribution in [0, 0.1) is 13.8 Å². The molecule has 0 N–H and O–H groups in total. The average Bonchev–Trinajstić information content (AvgIpc) is 2.34. The third kappa shape index (κ3) is 3.91. The van der Waals surface area contributed by atoms with E-state index in [2.05, 4.69) is 71.8 Å². The molecule has 0 saturated heterocycles. The van der Waals surface area contributed by atoms with Crippen molar-refractivity contribution in [2.24, 2.45) is 0 Å². The number of aryl methyl sites for hydroxylation is 4. The highest BCUT2D eigenvalue weighted by Crippen LogP contribution is 1.92. The lowest BCUT2D eigenvalue weighted by molar-refractivity contribution is -0.732. The van der Waals surface area contributed by atoms with Gasteiger partial charge in [-0.2, -0.15) is 0 Å². The van der Waals surface area contributed by atoms with Crippen molar-refractivity contribution >= 4 is 0 Å². The number of nitrogens with zero attached hydrogens (tertiary/aromatic N) is 2. The highest BCUT2D eigenvalue weighted by atomic mass is 79.9. The van der Waals surface area contributed by atoms with Gasteiger partial charge in [-0.15, -0.1) is 0 Å². The SMILES string of the molecule is Cc1cccc[n+]1CCC[n+]1ccccc1C.[Br-]. The molecule has 3 heteroatoms. The van der Waals surface area contributed by atoms with E-state index in [1.54, 1.807) is 0 Å². The van der Waals surface area contributed by atoms with E-state index in [1.165, 1.54) is 11.4 Å². The molecule has 96 valence electrons. The summed E-state index contributed by atoms with van der Waals surface area (Å²) >= 11 is 0. The zero-order valence-corrected chi connectivity index (χ0v) is 12.6. The monoisotopic (exact) mass is 307 g/mol. The second kappa shape index (κ2) is 7.27. The molecule has 2 rings (SSSR count). The molecule has 0 spiro atoms. The Morgan fingerprint density at radius 3 is 1.61 bits per heavy atom. The largest absolute Gasteiger partial charge is 1.00 e. The van der Waals surface area contributed by atoms with E-state index in [9.17, 15) is 0 Å². The lowest BCUT2D eigenvalue weighted by atomic mass is 10.3. The van der Waals surface area contributed by atoms with Crippen LogP contribution in [0.2, 0.25) is 0 Å². The molecule has 0 saturated carbocycles. The van der Waals surface area contributed by atoms with E-state index < -0.39 is 0 Å². The van der Waals surface area contributed by atoms with Gasteiger partial charge in [-0.3, -0.25) is 0 Å². The number of rotatable bonds is 4. The second-order valence-electron chi connectivity index (χ2n) is 4.42. The molecule has 2 aromatic rings. The number of halogens is 1. The first-order valence-corrected chi connectivity index (χ1v) is 6.17. The summed E-state index contributed by atoms with van der Waals surface area (Å²) in [6, 6.07) is 12.7. The van der Waals surface area contributed by atoms with Gasteiger partial charge in [0.2, 0.25) is 0 Å². The summed E-state index contributed by atoms with van der Waals surface area (Å²) < 4.78 is 4.61. The van der Waals surface area contributed by atoms with Crippen LogP contribution in [0.15, 0.2) is 48.8 Å². The van der Waals surface area contributed by atoms with Gasteiger partial charge in [-0.1, -0.05) is 12.1 Å². The second-order valence-corrected chi connectivity index (χ2v) is 4.42. The lowest BCUT2D eigenvalue weighted by Crippen LogP contribution is -3.00. The summed E-state index contributed by atoms with van der Waals surface area (Å²) in [4.78, 5) is 0. The summed E-state index contributed by atoms with van der Waals surface area (Å²) in [6.07, 6.45) is 5.46. The van der Waals surface area contributed by atoms with Gasteiger partial charge in [0.05, 0.1) is 6.42 Å². The molecule has 2 aromatic heterocycles. The van der Waals surface area contributed by atoms with Crippen molar-refractivity contribution < 1.29 is 26.1 Å². The molecular weight excluding hydrogens is 288 g/mol. The average molecular weight is 308 g/mol. The van der Waals surface area contributed by atoms with Gasteiger partial charge in [-0.25, -0.2) is 9.13 Å². The standard InChI is InChI=1S/C15H20N2.BrH/c1-14-8-3-5-10-16(14)12-7-13-17-11-6-4-9-15(17)2;/h3-6,8-11H,7,12-13H2,1-2H3;1H/q+2;/p-1. The maximum absolute atomic E-state index is 2.30. The third-order valence-corrected chi connectivity index (χ3v) is 3.13. The summed E-state index contributed by atoms with van der Waals surface area (Å²) in [5.74, 6) is 0. The van der Waals surface area contributed by atoms with Gasteiger partial charge < -0.3 is 17.0 Å². The van der Waals surface area contributed by atoms with Gasteiger partial charge >= 0.3 is 0 Å². The smallest absolute Gasteiger partial charge is 0.178 e. The minimum atomic E-state index is 0. The van der Waals surface area contributed by atoms with E-state index in [-0.39, 0.29) is 17.0 Å². The van der Waals surface area contributed by atoms with Crippen molar-refractivity contribution in [1.29, 1.82) is 0 Å². The quantitative estimate of drug-likeness (QED) is 0.639. The topological polar surface area (TPSA) is 7.76 Å². The van der Waals surface area contributed by atoms with Gasteiger partial charge in [0, 0.05) is 38.1 Å². The van der Waals surface area contributed by atoms with E-state index in [0.717, 1.165) is 19.5 Å². The molecule has 0 fully saturated rings. The Bertz CT molecular complexity index is 452. The van der Waals surface area contributed by atoms with E-state index in [1.807, 2.05) is 0 Å². The molecule has 0 aliphatic rings. The Kier molecular flexibility index (Phi) is 5.99. The molecule has 2 heterocycles. The van der Waals surface area contributed by atoms with Crippen LogP contribution < -0.4 is 26.1 Å². The maximum Gasteiger partial charge on any atom is 0.178 e. The fourth-order valence-electron chi connectivity index (χ4n) is 2.04. The Morgan fingerprint density at radius 1 is 0.778 bits per heavy atom. The molecular formula is C15H20BrN2+. The van der Waals surface area contributed by atoms with Crippen LogP contribution in [0.1, 0.15) is 17.8 Å². The van der Waals surface area contributed by atoms with E-state index >= 15 is 0 Å². The van der Waals surface area contributed by atoms with Crippen LogP contribution in [0.4, 0.5) is 0 Å². The van der Waals surface area contributed by atoms with Crippen LogP contribution in [0.3, 0.4) is 0 Å². The van der Waals surface area contributed by atoms with Gasteiger partial charge in [-0.05, 0) is 0 Å². The van der Waals surface area contributed by atoms with Gasteiger partial charge in [0.1, 0.15) is 0 Å². The first-order chi connectivity index (χ1) is 8.27. The van der Waals surface area contributed by atoms with Crippen LogP contribution >= 0.6 is 0 Å². The highest BCUT2D eigenvalue weighted by molar-refractivity contribution is 4.94. The molecule has 0 amide bonds. The minimum absolute atomic E-state index is 0. The molecule has 0 bridgehead atoms. The predicted molar refractivity (Wildman–Crippen MR) is 67.4 cm³/mol. The zero-order chi connectivity index (χ0) is 12.1. The first-order valence-electron chi connectivity index (χ1n) is 6.17. The Labute approximate surface area is 120 Å². The van der Waals surface area contributed by atoms with Crippen LogP contribution in [0.25, 0.3) is 0 Å². The fraction of sp³-hybridized carbons (Fsp3) is 0.333. The first kappa shape index (κ1) is 14.8. The van der Waals surface area contributed by atoms with E-state index in [4.69, 9.17) is 0 Å². The normalized spacial score (nSPS) is 9.89. The molecule has 18 heavy (non-hydrogen) atoms. The lowest BCUT2D eigenvalue weighted by Gasteiger charge is -2.00. The Balaban J connectivity index is 0.00000162. The Hall–Kier alpha value is -1.22. The van der Waals surface area contributed by atoms with Crippen molar-refractivity contribution in [2.75, 3.05) is 0 Å². The van der Waals surface area contributed by atoms with Crippen molar-refractivity contribution in [1.82, 2.24) is 0 Å². The molecule has 0 aromatic carbocycles. The van der Waals surface area contributed by atoms with Crippen LogP contribution in [0.5, 0.6) is 0 Å². The molecule has 0 aliphatic heterocycles. The fourth-order valence-corrected chi connectivity index (χ4v) is 2.04. The molecule has 0 radical (unpaired) electrons. The van der Waals surface area contributed by atoms with Crippen LogP contribution in [-0.2, 0) is 13.1 Å². The minimum Gasteiger partial charge on any atom is -1.00 e. The van der Waals surface area contributed by atoms with Crippen molar-refractivity contribution in [3.8, 4) is 0 Å². The van der Waals surface area contributed by atoms with E-state index in [0.29, 0.717) is 0 Å². The number of hydrogen-bond donors (Lipinski definition) is 0. The van der Waals surface area contributed by atoms with Crippen molar-refractivity contribution in [2.45, 2.75) is 33.4 Å². The number of pyridine rings is 2. The van der Waals surface area contributed by atoms with Gasteiger partial charge in [0.15, 0.2) is 36.9 Å². The molecule has 0 atom stereocenters. The van der Waals surface area contributed by atoms with Gasteiger partial charge in [0.25, 0.3) is 0 Å². The number of hydrogen-bond acceptors (Lipinski definition) is 0. The predicted octanol–water partition coefficient (Wildman–Crippen LogP) is -1.03. The number of aromatic nitrogens is 2. The molecule has 0 unspecified atom stereocenters. The highest BCUT2D eigenvalue weighted by Gasteiger charge is 2.08. The maximum atomic E-state index is 2.30. The van der Waals surface area contributed by atoms with Crippen molar-refractivity contribution in [3.05, 3.63) is 60.2 Å². The molecule has 2 nitrogen and oxygen atoms in total. The zero-order valence-electron chi connectivity index (χ0n) is 11.0. The summed E-state index contributed by atoms with van der Waals surface area (Å²) in [5.41, 5.74) is 2.64. The molecule has 0 aliphatic carbocycles. The summed E-state index contributed by atoms with van der Waals surface area (Å²) in [5, 5.41) is 0. The van der Waals surface area contributed by atoms with Crippen LogP contribution in [-0.4, -0.2) is 0 Å². The van der Waals surface area contributed by atoms with Crippen molar-refractivity contribution in [3.63, 3.8) is 0 Å². The summed E-state index contributed by atoms with van der Waals surface area (Å²) in [6.45, 7) is 6.46. The Morgan fingerprint density at radius 2 is 1.22 bits per heavy atom. The third-order valence-electron chi connectivity index (χ3n) is 3.13. The summed E-state index contributed by atoms with van der Waals surface area (Å²) in [7, 11) is 0.